The first-order valence-electron chi connectivity index (χ1n) is 6.25. The van der Waals surface area contributed by atoms with Crippen molar-refractivity contribution in [2.24, 2.45) is 5.92 Å². The fourth-order valence-corrected chi connectivity index (χ4v) is 2.46. The van der Waals surface area contributed by atoms with E-state index in [1.165, 1.54) is 23.1 Å². The second-order valence-corrected chi connectivity index (χ2v) is 5.12. The smallest absolute Gasteiger partial charge is 0.348 e. The molecule has 110 valence electrons. The summed E-state index contributed by atoms with van der Waals surface area (Å²) in [4.78, 5) is 1.45. The molecule has 1 heterocycles. The minimum Gasteiger partial charge on any atom is -0.348 e. The molecule has 1 aliphatic rings. The molecule has 2 nitrogen and oxygen atoms in total. The van der Waals surface area contributed by atoms with Crippen molar-refractivity contribution in [2.75, 3.05) is 18.4 Å². The van der Waals surface area contributed by atoms with Gasteiger partial charge in [-0.3, -0.25) is 0 Å². The van der Waals surface area contributed by atoms with Crippen molar-refractivity contribution in [1.82, 2.24) is 4.90 Å². The lowest BCUT2D eigenvalue weighted by Crippen LogP contribution is -2.46. The van der Waals surface area contributed by atoms with Crippen LogP contribution in [0.15, 0.2) is 24.3 Å². The topological polar surface area (TPSA) is 15.3 Å². The summed E-state index contributed by atoms with van der Waals surface area (Å²) < 4.78 is 51.6. The molecule has 0 bridgehead atoms. The molecule has 0 aliphatic carbocycles. The predicted molar refractivity (Wildman–Crippen MR) is 73.0 cm³/mol. The maximum atomic E-state index is 13.5. The molecule has 0 amide bonds. The van der Waals surface area contributed by atoms with E-state index in [1.54, 1.807) is 6.07 Å². The lowest BCUT2D eigenvalue weighted by Gasteiger charge is -2.35. The molecule has 1 N–H and O–H groups in total. The number of benzene rings is 1. The van der Waals surface area contributed by atoms with Crippen LogP contribution < -0.4 is 5.32 Å². The second kappa shape index (κ2) is 5.95. The van der Waals surface area contributed by atoms with Crippen LogP contribution in [0.4, 0.5) is 23.2 Å². The van der Waals surface area contributed by atoms with Gasteiger partial charge in [-0.05, 0) is 37.2 Å². The van der Waals surface area contributed by atoms with Crippen molar-refractivity contribution in [1.29, 1.82) is 0 Å². The lowest BCUT2D eigenvalue weighted by atomic mass is 9.98. The van der Waals surface area contributed by atoms with Crippen LogP contribution in [0.3, 0.4) is 0 Å². The molecule has 1 saturated heterocycles. The number of anilines is 1. The largest absolute Gasteiger partial charge is 0.393 e. The Kier molecular flexibility index (Phi) is 4.47. The molecule has 0 spiro atoms. The molecular formula is C13H14F4N2S. The zero-order chi connectivity index (χ0) is 14.8. The van der Waals surface area contributed by atoms with Crippen LogP contribution in [0.2, 0.25) is 0 Å². The number of likely N-dealkylation sites (tertiary alicyclic amines) is 1. The molecule has 0 radical (unpaired) electrons. The summed E-state index contributed by atoms with van der Waals surface area (Å²) in [7, 11) is 0. The standard InChI is InChI=1S/C13H14F4N2S/c14-10-5-1-2-6-11(10)18-12(20)19-7-3-4-9(8-19)13(15,16)17/h1-2,5-6,9H,3-4,7-8H2,(H,18,20). The number of hydrogen-bond acceptors (Lipinski definition) is 1. The van der Waals surface area contributed by atoms with Crippen molar-refractivity contribution < 1.29 is 17.6 Å². The summed E-state index contributed by atoms with van der Waals surface area (Å²) in [6, 6.07) is 5.92. The molecule has 1 aliphatic heterocycles. The van der Waals surface area contributed by atoms with Gasteiger partial charge in [-0.15, -0.1) is 0 Å². The summed E-state index contributed by atoms with van der Waals surface area (Å²) in [5.74, 6) is -1.86. The van der Waals surface area contributed by atoms with Gasteiger partial charge in [0.1, 0.15) is 5.82 Å². The Morgan fingerprint density at radius 2 is 2.00 bits per heavy atom. The fraction of sp³-hybridized carbons (Fsp3) is 0.462. The Balaban J connectivity index is 2.01. The molecule has 0 aromatic heterocycles. The minimum absolute atomic E-state index is 0.113. The quantitative estimate of drug-likeness (QED) is 0.627. The molecule has 1 aromatic rings. The highest BCUT2D eigenvalue weighted by Crippen LogP contribution is 2.33. The van der Waals surface area contributed by atoms with Crippen LogP contribution >= 0.6 is 12.2 Å². The van der Waals surface area contributed by atoms with E-state index in [4.69, 9.17) is 12.2 Å². The van der Waals surface area contributed by atoms with Gasteiger partial charge in [0.05, 0.1) is 11.6 Å². The SMILES string of the molecule is Fc1ccccc1NC(=S)N1CCCC(C(F)(F)F)C1. The average molecular weight is 306 g/mol. The van der Waals surface area contributed by atoms with Crippen LogP contribution in [-0.2, 0) is 0 Å². The molecule has 1 atom stereocenters. The zero-order valence-corrected chi connectivity index (χ0v) is 11.4. The van der Waals surface area contributed by atoms with E-state index in [9.17, 15) is 17.6 Å². The van der Waals surface area contributed by atoms with Gasteiger partial charge in [0.2, 0.25) is 0 Å². The van der Waals surface area contributed by atoms with Crippen LogP contribution in [0.25, 0.3) is 0 Å². The van der Waals surface area contributed by atoms with Crippen LogP contribution in [-0.4, -0.2) is 29.3 Å². The van der Waals surface area contributed by atoms with Crippen LogP contribution in [0, 0.1) is 11.7 Å². The number of nitrogens with zero attached hydrogens (tertiary/aromatic N) is 1. The summed E-state index contributed by atoms with van der Waals surface area (Å²) in [5.41, 5.74) is 0.173. The summed E-state index contributed by atoms with van der Waals surface area (Å²) in [6.45, 7) is 0.274. The zero-order valence-electron chi connectivity index (χ0n) is 10.6. The molecule has 20 heavy (non-hydrogen) atoms. The van der Waals surface area contributed by atoms with Gasteiger partial charge in [-0.25, -0.2) is 4.39 Å². The highest BCUT2D eigenvalue weighted by atomic mass is 32.1. The van der Waals surface area contributed by atoms with Gasteiger partial charge in [-0.2, -0.15) is 13.2 Å². The minimum atomic E-state index is -4.22. The van der Waals surface area contributed by atoms with Gasteiger partial charge in [0.15, 0.2) is 5.11 Å². The van der Waals surface area contributed by atoms with E-state index in [0.29, 0.717) is 13.0 Å². The Hall–Kier alpha value is -1.37. The molecule has 2 rings (SSSR count). The number of alkyl halides is 3. The third-order valence-corrected chi connectivity index (χ3v) is 3.65. The number of nitrogens with one attached hydrogen (secondary N) is 1. The Morgan fingerprint density at radius 3 is 2.65 bits per heavy atom. The summed E-state index contributed by atoms with van der Waals surface area (Å²) >= 11 is 5.07. The Labute approximate surface area is 119 Å². The van der Waals surface area contributed by atoms with E-state index in [-0.39, 0.29) is 23.8 Å². The molecule has 7 heteroatoms. The first-order chi connectivity index (χ1) is 9.38. The number of halogens is 4. The van der Waals surface area contributed by atoms with Crippen molar-refractivity contribution >= 4 is 23.0 Å². The number of rotatable bonds is 1. The van der Waals surface area contributed by atoms with E-state index < -0.39 is 17.9 Å². The molecule has 1 unspecified atom stereocenters. The monoisotopic (exact) mass is 306 g/mol. The third-order valence-electron chi connectivity index (χ3n) is 3.29. The van der Waals surface area contributed by atoms with Crippen molar-refractivity contribution in [3.63, 3.8) is 0 Å². The summed E-state index contributed by atoms with van der Waals surface area (Å²) in [5, 5.41) is 2.80. The fourth-order valence-electron chi connectivity index (χ4n) is 2.19. The lowest BCUT2D eigenvalue weighted by molar-refractivity contribution is -0.183. The van der Waals surface area contributed by atoms with Gasteiger partial charge in [-0.1, -0.05) is 12.1 Å². The maximum Gasteiger partial charge on any atom is 0.393 e. The van der Waals surface area contributed by atoms with E-state index in [0.717, 1.165) is 0 Å². The van der Waals surface area contributed by atoms with Crippen molar-refractivity contribution in [3.05, 3.63) is 30.1 Å². The Bertz CT molecular complexity index is 490. The van der Waals surface area contributed by atoms with E-state index in [1.807, 2.05) is 0 Å². The van der Waals surface area contributed by atoms with E-state index in [2.05, 4.69) is 5.32 Å². The second-order valence-electron chi connectivity index (χ2n) is 4.74. The van der Waals surface area contributed by atoms with Crippen molar-refractivity contribution in [3.8, 4) is 0 Å². The number of hydrogen-bond donors (Lipinski definition) is 1. The highest BCUT2D eigenvalue weighted by Gasteiger charge is 2.42. The number of para-hydroxylation sites is 1. The predicted octanol–water partition coefficient (Wildman–Crippen LogP) is 3.80. The molecule has 1 fully saturated rings. The van der Waals surface area contributed by atoms with Gasteiger partial charge in [0, 0.05) is 13.1 Å². The normalized spacial score (nSPS) is 19.8. The Morgan fingerprint density at radius 1 is 1.30 bits per heavy atom. The number of thiocarbonyl (C=S) groups is 1. The van der Waals surface area contributed by atoms with Crippen LogP contribution in [0.1, 0.15) is 12.8 Å². The first-order valence-corrected chi connectivity index (χ1v) is 6.66. The number of piperidine rings is 1. The maximum absolute atomic E-state index is 13.5. The van der Waals surface area contributed by atoms with Crippen LogP contribution in [0.5, 0.6) is 0 Å². The van der Waals surface area contributed by atoms with Gasteiger partial charge < -0.3 is 10.2 Å². The van der Waals surface area contributed by atoms with E-state index >= 15 is 0 Å². The van der Waals surface area contributed by atoms with Gasteiger partial charge >= 0.3 is 6.18 Å². The summed E-state index contributed by atoms with van der Waals surface area (Å²) in [6.07, 6.45) is -3.68. The molecular weight excluding hydrogens is 292 g/mol. The average Bonchev–Trinajstić information content (AvgIpc) is 2.40. The molecule has 1 aromatic carbocycles. The third kappa shape index (κ3) is 3.59. The van der Waals surface area contributed by atoms with Gasteiger partial charge in [0.25, 0.3) is 0 Å². The first kappa shape index (κ1) is 15.0. The van der Waals surface area contributed by atoms with Crippen molar-refractivity contribution in [2.45, 2.75) is 19.0 Å². The highest BCUT2D eigenvalue weighted by molar-refractivity contribution is 7.80. The molecule has 0 saturated carbocycles.